The molecule has 0 saturated carbocycles. The summed E-state index contributed by atoms with van der Waals surface area (Å²) >= 11 is 0. The van der Waals surface area contributed by atoms with Crippen LogP contribution in [0.1, 0.15) is 15.9 Å². The molecule has 0 saturated heterocycles. The highest BCUT2D eigenvalue weighted by molar-refractivity contribution is 5.88. The van der Waals surface area contributed by atoms with Crippen molar-refractivity contribution in [2.75, 3.05) is 11.9 Å². The van der Waals surface area contributed by atoms with E-state index in [2.05, 4.69) is 5.32 Å². The van der Waals surface area contributed by atoms with Crippen LogP contribution in [-0.4, -0.2) is 17.6 Å². The summed E-state index contributed by atoms with van der Waals surface area (Å²) in [6.45, 7) is 0.591. The number of benzene rings is 2. The largest absolute Gasteiger partial charge is 0.478 e. The molecule has 19 heavy (non-hydrogen) atoms. The smallest absolute Gasteiger partial charge is 0.335 e. The monoisotopic (exact) mass is 259 g/mol. The molecule has 3 nitrogen and oxygen atoms in total. The van der Waals surface area contributed by atoms with Crippen molar-refractivity contribution in [3.63, 3.8) is 0 Å². The van der Waals surface area contributed by atoms with E-state index in [0.29, 0.717) is 12.2 Å². The van der Waals surface area contributed by atoms with Crippen LogP contribution in [0.5, 0.6) is 0 Å². The molecule has 0 fully saturated rings. The molecule has 0 aromatic heterocycles. The van der Waals surface area contributed by atoms with Crippen LogP contribution in [0.4, 0.5) is 10.1 Å². The Bertz CT molecular complexity index is 570. The van der Waals surface area contributed by atoms with E-state index in [-0.39, 0.29) is 5.56 Å². The molecule has 0 radical (unpaired) electrons. The fourth-order valence-corrected chi connectivity index (χ4v) is 1.78. The third-order valence-electron chi connectivity index (χ3n) is 2.79. The molecule has 0 aliphatic carbocycles. The van der Waals surface area contributed by atoms with Crippen LogP contribution in [0.15, 0.2) is 48.5 Å². The van der Waals surface area contributed by atoms with E-state index in [4.69, 9.17) is 5.11 Å². The van der Waals surface area contributed by atoms with Gasteiger partial charge in [0, 0.05) is 6.54 Å². The number of carbonyl (C=O) groups is 1. The van der Waals surface area contributed by atoms with Crippen molar-refractivity contribution in [3.8, 4) is 0 Å². The molecule has 2 rings (SSSR count). The first-order valence-electron chi connectivity index (χ1n) is 5.97. The zero-order valence-corrected chi connectivity index (χ0v) is 10.3. The highest BCUT2D eigenvalue weighted by atomic mass is 19.1. The van der Waals surface area contributed by atoms with Crippen molar-refractivity contribution in [1.82, 2.24) is 0 Å². The number of nitrogens with one attached hydrogen (secondary N) is 1. The van der Waals surface area contributed by atoms with Crippen molar-refractivity contribution in [2.24, 2.45) is 0 Å². The Hall–Kier alpha value is -2.36. The van der Waals surface area contributed by atoms with E-state index in [1.54, 1.807) is 0 Å². The third-order valence-corrected chi connectivity index (χ3v) is 2.79. The molecule has 0 aliphatic rings. The highest BCUT2D eigenvalue weighted by Crippen LogP contribution is 2.15. The summed E-state index contributed by atoms with van der Waals surface area (Å²) in [5.74, 6) is -1.68. The maximum Gasteiger partial charge on any atom is 0.335 e. The molecule has 0 heterocycles. The Morgan fingerprint density at radius 3 is 2.53 bits per heavy atom. The molecule has 0 aliphatic heterocycles. The number of hydrogen-bond donors (Lipinski definition) is 2. The molecule has 0 amide bonds. The number of rotatable bonds is 5. The van der Waals surface area contributed by atoms with Gasteiger partial charge in [-0.1, -0.05) is 30.3 Å². The first kappa shape index (κ1) is 13.1. The van der Waals surface area contributed by atoms with Gasteiger partial charge >= 0.3 is 5.97 Å². The lowest BCUT2D eigenvalue weighted by Gasteiger charge is -2.08. The molecule has 0 bridgehead atoms. The number of carboxylic acid groups (broad SMARTS) is 1. The maximum absolute atomic E-state index is 13.6. The summed E-state index contributed by atoms with van der Waals surface area (Å²) in [5.41, 5.74) is 1.43. The minimum absolute atomic E-state index is 0.0499. The zero-order chi connectivity index (χ0) is 13.7. The Kier molecular flexibility index (Phi) is 4.13. The molecule has 0 atom stereocenters. The van der Waals surface area contributed by atoms with Gasteiger partial charge in [0.2, 0.25) is 0 Å². The Morgan fingerprint density at radius 2 is 1.89 bits per heavy atom. The average molecular weight is 259 g/mol. The van der Waals surface area contributed by atoms with Gasteiger partial charge in [0.15, 0.2) is 0 Å². The van der Waals surface area contributed by atoms with E-state index < -0.39 is 11.8 Å². The van der Waals surface area contributed by atoms with Crippen molar-refractivity contribution in [1.29, 1.82) is 0 Å². The Labute approximate surface area is 110 Å². The topological polar surface area (TPSA) is 49.3 Å². The van der Waals surface area contributed by atoms with E-state index in [1.165, 1.54) is 12.1 Å². The van der Waals surface area contributed by atoms with Crippen LogP contribution < -0.4 is 5.32 Å². The van der Waals surface area contributed by atoms with Crippen LogP contribution in [0.2, 0.25) is 0 Å². The lowest BCUT2D eigenvalue weighted by molar-refractivity contribution is 0.0696. The van der Waals surface area contributed by atoms with E-state index in [1.807, 2.05) is 30.3 Å². The van der Waals surface area contributed by atoms with Crippen molar-refractivity contribution < 1.29 is 14.3 Å². The second kappa shape index (κ2) is 6.00. The number of anilines is 1. The summed E-state index contributed by atoms with van der Waals surface area (Å²) < 4.78 is 13.6. The Morgan fingerprint density at radius 1 is 1.16 bits per heavy atom. The van der Waals surface area contributed by atoms with Crippen molar-refractivity contribution in [3.05, 3.63) is 65.5 Å². The lowest BCUT2D eigenvalue weighted by atomic mass is 10.1. The maximum atomic E-state index is 13.6. The molecule has 0 spiro atoms. The van der Waals surface area contributed by atoms with Crippen LogP contribution >= 0.6 is 0 Å². The van der Waals surface area contributed by atoms with Gasteiger partial charge in [-0.3, -0.25) is 0 Å². The van der Waals surface area contributed by atoms with Crippen molar-refractivity contribution in [2.45, 2.75) is 6.42 Å². The second-order valence-corrected chi connectivity index (χ2v) is 4.16. The number of aromatic carboxylic acids is 1. The average Bonchev–Trinajstić information content (AvgIpc) is 2.41. The molecule has 2 aromatic carbocycles. The number of carboxylic acids is 1. The van der Waals surface area contributed by atoms with E-state index in [9.17, 15) is 9.18 Å². The minimum Gasteiger partial charge on any atom is -0.478 e. The fourth-order valence-electron chi connectivity index (χ4n) is 1.78. The van der Waals surface area contributed by atoms with Crippen LogP contribution in [0.25, 0.3) is 0 Å². The number of hydrogen-bond acceptors (Lipinski definition) is 2. The first-order valence-corrected chi connectivity index (χ1v) is 5.97. The standard InChI is InChI=1S/C15H14FNO2/c16-13-10-12(15(18)19)6-7-14(13)17-9-8-11-4-2-1-3-5-11/h1-7,10,17H,8-9H2,(H,18,19). The van der Waals surface area contributed by atoms with Gasteiger partial charge in [-0.05, 0) is 30.2 Å². The molecule has 2 N–H and O–H groups in total. The van der Waals surface area contributed by atoms with Gasteiger partial charge in [0.05, 0.1) is 11.3 Å². The van der Waals surface area contributed by atoms with Gasteiger partial charge in [0.1, 0.15) is 5.82 Å². The minimum atomic E-state index is -1.13. The summed E-state index contributed by atoms with van der Waals surface area (Å²) in [7, 11) is 0. The predicted molar refractivity (Wildman–Crippen MR) is 72.0 cm³/mol. The Balaban J connectivity index is 1.95. The molecule has 2 aromatic rings. The quantitative estimate of drug-likeness (QED) is 0.867. The predicted octanol–water partition coefficient (Wildman–Crippen LogP) is 3.18. The van der Waals surface area contributed by atoms with Crippen LogP contribution in [0, 0.1) is 5.82 Å². The van der Waals surface area contributed by atoms with E-state index >= 15 is 0 Å². The lowest BCUT2D eigenvalue weighted by Crippen LogP contribution is -2.07. The van der Waals surface area contributed by atoms with E-state index in [0.717, 1.165) is 18.1 Å². The van der Waals surface area contributed by atoms with Gasteiger partial charge in [0.25, 0.3) is 0 Å². The molecule has 0 unspecified atom stereocenters. The molecular weight excluding hydrogens is 245 g/mol. The summed E-state index contributed by atoms with van der Waals surface area (Å²) in [5, 5.41) is 11.7. The molecule has 98 valence electrons. The van der Waals surface area contributed by atoms with Crippen LogP contribution in [-0.2, 0) is 6.42 Å². The fraction of sp³-hybridized carbons (Fsp3) is 0.133. The molecule has 4 heteroatoms. The normalized spacial score (nSPS) is 10.2. The second-order valence-electron chi connectivity index (χ2n) is 4.16. The summed E-state index contributed by atoms with van der Waals surface area (Å²) in [6.07, 6.45) is 0.779. The van der Waals surface area contributed by atoms with Gasteiger partial charge < -0.3 is 10.4 Å². The third kappa shape index (κ3) is 3.55. The van der Waals surface area contributed by atoms with Gasteiger partial charge in [-0.25, -0.2) is 9.18 Å². The zero-order valence-electron chi connectivity index (χ0n) is 10.3. The van der Waals surface area contributed by atoms with Crippen LogP contribution in [0.3, 0.4) is 0 Å². The SMILES string of the molecule is O=C(O)c1ccc(NCCc2ccccc2)c(F)c1. The van der Waals surface area contributed by atoms with Gasteiger partial charge in [-0.2, -0.15) is 0 Å². The summed E-state index contributed by atoms with van der Waals surface area (Å²) in [6, 6.07) is 13.7. The number of halogens is 1. The van der Waals surface area contributed by atoms with Gasteiger partial charge in [-0.15, -0.1) is 0 Å². The highest BCUT2D eigenvalue weighted by Gasteiger charge is 2.07. The van der Waals surface area contributed by atoms with Crippen molar-refractivity contribution >= 4 is 11.7 Å². The molecular formula is C15H14FNO2. The summed E-state index contributed by atoms with van der Waals surface area (Å²) in [4.78, 5) is 10.7. The first-order chi connectivity index (χ1) is 9.16.